The summed E-state index contributed by atoms with van der Waals surface area (Å²) in [6.07, 6.45) is 4.11. The summed E-state index contributed by atoms with van der Waals surface area (Å²) in [7, 11) is 5.14. The molecule has 0 fully saturated rings. The molecule has 36 heavy (non-hydrogen) atoms. The molecule has 0 bridgehead atoms. The number of aromatic nitrogens is 4. The van der Waals surface area contributed by atoms with E-state index in [1.165, 1.54) is 18.3 Å². The Balaban J connectivity index is 0.000000982. The van der Waals surface area contributed by atoms with Crippen molar-refractivity contribution in [2.24, 2.45) is 0 Å². The monoisotopic (exact) mass is 521 g/mol. The number of nitrogens with zero attached hydrogens (tertiary/aromatic N) is 4. The molecule has 200 valence electrons. The van der Waals surface area contributed by atoms with Gasteiger partial charge in [0.2, 0.25) is 6.41 Å². The lowest BCUT2D eigenvalue weighted by Crippen LogP contribution is -2.21. The highest BCUT2D eigenvalue weighted by atomic mass is 32.2. The number of ether oxygens (including phenoxy) is 2. The highest BCUT2D eigenvalue weighted by Crippen LogP contribution is 2.38. The zero-order valence-electron chi connectivity index (χ0n) is 22.2. The topological polar surface area (TPSA) is 135 Å². The van der Waals surface area contributed by atoms with Crippen LogP contribution in [0.15, 0.2) is 28.5 Å². The van der Waals surface area contributed by atoms with Crippen LogP contribution in [0.2, 0.25) is 0 Å². The smallest absolute Gasteiger partial charge is 0.230 e. The molecule has 0 aliphatic rings. The summed E-state index contributed by atoms with van der Waals surface area (Å²) < 4.78 is 13.1. The van der Waals surface area contributed by atoms with Crippen LogP contribution in [0, 0.1) is 6.92 Å². The van der Waals surface area contributed by atoms with Gasteiger partial charge in [-0.25, -0.2) is 20.4 Å². The second-order valence-corrected chi connectivity index (χ2v) is 8.12. The predicted octanol–water partition coefficient (Wildman–Crippen LogP) is 3.88. The summed E-state index contributed by atoms with van der Waals surface area (Å²) in [6, 6.07) is 3.98. The van der Waals surface area contributed by atoms with E-state index in [2.05, 4.69) is 39.0 Å². The van der Waals surface area contributed by atoms with E-state index in [1.807, 2.05) is 33.0 Å². The Labute approximate surface area is 217 Å². The molecule has 4 N–H and O–H groups in total. The van der Waals surface area contributed by atoms with Crippen LogP contribution >= 0.6 is 11.8 Å². The van der Waals surface area contributed by atoms with E-state index in [4.69, 9.17) is 24.5 Å². The number of hydrogen-bond acceptors (Lipinski definition) is 10. The third kappa shape index (κ3) is 8.54. The highest BCUT2D eigenvalue weighted by Gasteiger charge is 2.18. The van der Waals surface area contributed by atoms with Crippen LogP contribution in [0.5, 0.6) is 11.5 Å². The fraction of sp³-hybridized carbons (Fsp3) is 0.500. The first kappa shape index (κ1) is 30.9. The number of aryl methyl sites for hydroxylation is 1. The molecule has 0 unspecified atom stereocenters. The molecule has 3 rings (SSSR count). The Morgan fingerprint density at radius 3 is 2.39 bits per heavy atom. The summed E-state index contributed by atoms with van der Waals surface area (Å²) >= 11 is 1.60. The number of rotatable bonds is 12. The Kier molecular flexibility index (Phi) is 14.9. The van der Waals surface area contributed by atoms with Gasteiger partial charge in [-0.2, -0.15) is 0 Å². The van der Waals surface area contributed by atoms with E-state index in [-0.39, 0.29) is 6.41 Å². The van der Waals surface area contributed by atoms with Gasteiger partial charge in [0.05, 0.1) is 14.2 Å². The van der Waals surface area contributed by atoms with E-state index in [9.17, 15) is 0 Å². The van der Waals surface area contributed by atoms with Gasteiger partial charge in [0.1, 0.15) is 6.33 Å². The highest BCUT2D eigenvalue weighted by molar-refractivity contribution is 7.99. The molecule has 0 spiro atoms. The normalized spacial score (nSPS) is 10.0. The minimum atomic E-state index is 0.181. The molecule has 0 aliphatic heterocycles. The number of amides is 1. The molecule has 0 saturated heterocycles. The maximum atomic E-state index is 8.81. The molecule has 0 radical (unpaired) electrons. The second kappa shape index (κ2) is 17.4. The van der Waals surface area contributed by atoms with Gasteiger partial charge in [0, 0.05) is 25.0 Å². The van der Waals surface area contributed by atoms with Crippen LogP contribution in [0.4, 0.5) is 5.82 Å². The first-order chi connectivity index (χ1) is 17.5. The van der Waals surface area contributed by atoms with E-state index >= 15 is 0 Å². The zero-order chi connectivity index (χ0) is 26.9. The van der Waals surface area contributed by atoms with Crippen molar-refractivity contribution in [3.8, 4) is 11.5 Å². The number of hydroxylamine groups is 1. The molecule has 12 heteroatoms. The maximum absolute atomic E-state index is 8.81. The molecule has 0 saturated carbocycles. The maximum Gasteiger partial charge on any atom is 0.230 e. The largest absolute Gasteiger partial charge is 0.493 e. The van der Waals surface area contributed by atoms with Gasteiger partial charge in [0.15, 0.2) is 33.6 Å². The number of benzene rings is 1. The minimum Gasteiger partial charge on any atom is -0.493 e. The molecule has 1 aromatic carbocycles. The number of imidazole rings is 1. The minimum absolute atomic E-state index is 0.181. The second-order valence-electron chi connectivity index (χ2n) is 7.12. The molecule has 0 atom stereocenters. The zero-order valence-corrected chi connectivity index (χ0v) is 23.0. The van der Waals surface area contributed by atoms with Crippen LogP contribution in [-0.4, -0.2) is 65.5 Å². The number of carbonyl (C=O) groups excluding carboxylic acids is 1. The number of fused-ring (bicyclic) bond motifs is 1. The summed E-state index contributed by atoms with van der Waals surface area (Å²) in [5.74, 6) is 2.14. The standard InChI is InChI=1S/C21H30N6O2S.C2H6.CH3NO2/c1-6-7-8-23-9-10-27-20-18(19(22-3)24-13-25-20)26-21(27)30-17-12-16(29-5)15(28-4)11-14(17)2;1-2;3-1-2-4/h11-13,23H,6-10H2,1-5H3,(H,22,24,25);1-2H3;1,4H,(H,2,3). The van der Waals surface area contributed by atoms with Crippen LogP contribution in [0.1, 0.15) is 39.2 Å². The third-order valence-corrected chi connectivity index (χ3v) is 6.04. The van der Waals surface area contributed by atoms with E-state index in [0.29, 0.717) is 5.75 Å². The van der Waals surface area contributed by atoms with Crippen LogP contribution in [0.3, 0.4) is 0 Å². The average Bonchev–Trinajstić information content (AvgIpc) is 3.27. The van der Waals surface area contributed by atoms with Crippen molar-refractivity contribution in [1.29, 1.82) is 0 Å². The number of hydrogen-bond donors (Lipinski definition) is 4. The summed E-state index contributed by atoms with van der Waals surface area (Å²) in [4.78, 5) is 23.6. The SMILES string of the molecule is CC.CCCCNCCn1c(Sc2cc(OC)c(OC)cc2C)nc2c(NC)ncnc21.O=CNO. The van der Waals surface area contributed by atoms with Gasteiger partial charge < -0.3 is 24.7 Å². The lowest BCUT2D eigenvalue weighted by Gasteiger charge is -2.13. The molecule has 2 aromatic heterocycles. The number of methoxy groups -OCH3 is 2. The molecular weight excluding hydrogens is 482 g/mol. The van der Waals surface area contributed by atoms with Crippen molar-refractivity contribution < 1.29 is 19.5 Å². The van der Waals surface area contributed by atoms with Gasteiger partial charge in [-0.15, -0.1) is 0 Å². The van der Waals surface area contributed by atoms with Crippen molar-refractivity contribution in [2.75, 3.05) is 39.7 Å². The number of unbranched alkanes of at least 4 members (excludes halogenated alkanes) is 1. The Bertz CT molecular complexity index is 1060. The first-order valence-electron chi connectivity index (χ1n) is 11.9. The lowest BCUT2D eigenvalue weighted by atomic mass is 10.2. The summed E-state index contributed by atoms with van der Waals surface area (Å²) in [6.45, 7) is 10.9. The number of carbonyl (C=O) groups is 1. The molecule has 3 aromatic rings. The predicted molar refractivity (Wildman–Crippen MR) is 143 cm³/mol. The molecule has 11 nitrogen and oxygen atoms in total. The van der Waals surface area contributed by atoms with Gasteiger partial charge in [-0.05, 0) is 37.6 Å². The van der Waals surface area contributed by atoms with E-state index in [1.54, 1.807) is 32.3 Å². The van der Waals surface area contributed by atoms with E-state index in [0.717, 1.165) is 58.0 Å². The summed E-state index contributed by atoms with van der Waals surface area (Å²) in [5, 5.41) is 14.7. The number of nitrogens with one attached hydrogen (secondary N) is 3. The van der Waals surface area contributed by atoms with Crippen molar-refractivity contribution in [2.45, 2.75) is 57.1 Å². The quantitative estimate of drug-likeness (QED) is 0.120. The lowest BCUT2D eigenvalue weighted by molar-refractivity contribution is -0.116. The fourth-order valence-corrected chi connectivity index (χ4v) is 4.17. The van der Waals surface area contributed by atoms with Crippen LogP contribution in [0.25, 0.3) is 11.2 Å². The van der Waals surface area contributed by atoms with Gasteiger partial charge in [-0.3, -0.25) is 10.0 Å². The molecular formula is C24H39N7O4S. The van der Waals surface area contributed by atoms with Gasteiger partial charge in [-0.1, -0.05) is 39.0 Å². The molecule has 1 amide bonds. The van der Waals surface area contributed by atoms with Crippen molar-refractivity contribution >= 4 is 35.2 Å². The molecule has 2 heterocycles. The first-order valence-corrected chi connectivity index (χ1v) is 12.7. The van der Waals surface area contributed by atoms with Crippen molar-refractivity contribution in [3.05, 3.63) is 24.0 Å². The van der Waals surface area contributed by atoms with Crippen molar-refractivity contribution in [1.82, 2.24) is 30.3 Å². The summed E-state index contributed by atoms with van der Waals surface area (Å²) in [5.41, 5.74) is 3.94. The Morgan fingerprint density at radius 2 is 1.81 bits per heavy atom. The number of anilines is 1. The van der Waals surface area contributed by atoms with Crippen LogP contribution < -0.4 is 25.6 Å². The van der Waals surface area contributed by atoms with Gasteiger partial charge in [0.25, 0.3) is 0 Å². The van der Waals surface area contributed by atoms with Gasteiger partial charge >= 0.3 is 0 Å². The Morgan fingerprint density at radius 1 is 1.14 bits per heavy atom. The third-order valence-electron chi connectivity index (χ3n) is 4.89. The Hall–Kier alpha value is -3.09. The molecule has 0 aliphatic carbocycles. The average molecular weight is 522 g/mol. The van der Waals surface area contributed by atoms with E-state index < -0.39 is 0 Å². The fourth-order valence-electron chi connectivity index (χ4n) is 3.17. The van der Waals surface area contributed by atoms with Crippen molar-refractivity contribution in [3.63, 3.8) is 0 Å². The van der Waals surface area contributed by atoms with Crippen LogP contribution in [-0.2, 0) is 11.3 Å².